The van der Waals surface area contributed by atoms with Crippen LogP contribution in [-0.4, -0.2) is 28.9 Å². The smallest absolute Gasteiger partial charge is 0.207 e. The van der Waals surface area contributed by atoms with Crippen molar-refractivity contribution in [3.63, 3.8) is 0 Å². The van der Waals surface area contributed by atoms with E-state index in [9.17, 15) is 16.8 Å². The zero-order valence-electron chi connectivity index (χ0n) is 18.1. The summed E-state index contributed by atoms with van der Waals surface area (Å²) in [5.74, 6) is 0. The second kappa shape index (κ2) is 10.5. The van der Waals surface area contributed by atoms with E-state index < -0.39 is 32.1 Å². The van der Waals surface area contributed by atoms with E-state index in [0.29, 0.717) is 25.7 Å². The minimum absolute atomic E-state index is 0.172. The van der Waals surface area contributed by atoms with Crippen LogP contribution in [0.2, 0.25) is 0 Å². The molecule has 2 N–H and O–H groups in total. The van der Waals surface area contributed by atoms with Gasteiger partial charge in [0, 0.05) is 12.1 Å². The van der Waals surface area contributed by atoms with Crippen LogP contribution < -0.4 is 9.44 Å². The molecule has 2 atom stereocenters. The van der Waals surface area contributed by atoms with Gasteiger partial charge in [0.05, 0.1) is 9.79 Å². The maximum Gasteiger partial charge on any atom is 0.240 e. The molecule has 166 valence electrons. The Hall–Kier alpha value is -1.74. The Bertz CT molecular complexity index is 930. The van der Waals surface area contributed by atoms with E-state index in [0.717, 1.165) is 11.1 Å². The number of nitrogens with one attached hydrogen (secondary N) is 2. The van der Waals surface area contributed by atoms with Crippen LogP contribution in [0.1, 0.15) is 50.7 Å². The third-order valence-electron chi connectivity index (χ3n) is 4.96. The molecule has 0 unspecified atom stereocenters. The Labute approximate surface area is 181 Å². The predicted octanol–water partition coefficient (Wildman–Crippen LogP) is 3.90. The monoisotopic (exact) mass is 452 g/mol. The minimum Gasteiger partial charge on any atom is -0.207 e. The first-order valence-electron chi connectivity index (χ1n) is 10.3. The Morgan fingerprint density at radius 1 is 0.633 bits per heavy atom. The lowest BCUT2D eigenvalue weighted by Gasteiger charge is -2.28. The van der Waals surface area contributed by atoms with Crippen molar-refractivity contribution in [2.24, 2.45) is 0 Å². The molecular weight excluding hydrogens is 420 g/mol. The second-order valence-corrected chi connectivity index (χ2v) is 11.1. The third kappa shape index (κ3) is 6.63. The SMILES string of the molecule is CCC[C@H](NS(=O)(=O)c1ccc(C)cc1)[C@@H](CCC)NS(=O)(=O)c1ccc(C)cc1. The van der Waals surface area contributed by atoms with Crippen molar-refractivity contribution in [3.8, 4) is 0 Å². The van der Waals surface area contributed by atoms with E-state index in [1.54, 1.807) is 48.5 Å². The summed E-state index contributed by atoms with van der Waals surface area (Å²) in [4.78, 5) is 0.344. The highest BCUT2D eigenvalue weighted by atomic mass is 32.2. The number of rotatable bonds is 11. The Kier molecular flexibility index (Phi) is 8.61. The molecule has 0 heterocycles. The van der Waals surface area contributed by atoms with Crippen LogP contribution in [0.5, 0.6) is 0 Å². The lowest BCUT2D eigenvalue weighted by atomic mass is 10.0. The average molecular weight is 453 g/mol. The minimum atomic E-state index is -3.77. The van der Waals surface area contributed by atoms with E-state index in [1.165, 1.54) is 0 Å². The Balaban J connectivity index is 2.30. The summed E-state index contributed by atoms with van der Waals surface area (Å²) in [6, 6.07) is 12.1. The molecule has 8 heteroatoms. The van der Waals surface area contributed by atoms with Crippen molar-refractivity contribution >= 4 is 20.0 Å². The van der Waals surface area contributed by atoms with E-state index in [4.69, 9.17) is 0 Å². The lowest BCUT2D eigenvalue weighted by Crippen LogP contribution is -2.51. The topological polar surface area (TPSA) is 92.3 Å². The number of aryl methyl sites for hydroxylation is 2. The molecule has 6 nitrogen and oxygen atoms in total. The number of hydrogen-bond donors (Lipinski definition) is 2. The van der Waals surface area contributed by atoms with Gasteiger partial charge in [-0.2, -0.15) is 0 Å². The van der Waals surface area contributed by atoms with Crippen molar-refractivity contribution in [2.45, 2.75) is 75.3 Å². The first kappa shape index (κ1) is 24.5. The normalized spacial score (nSPS) is 14.4. The van der Waals surface area contributed by atoms with E-state index in [-0.39, 0.29) is 9.79 Å². The van der Waals surface area contributed by atoms with Crippen LogP contribution in [0.15, 0.2) is 58.3 Å². The summed E-state index contributed by atoms with van der Waals surface area (Å²) in [5.41, 5.74) is 1.93. The standard InChI is InChI=1S/C22H32N2O4S2/c1-5-7-21(23-29(25,26)19-13-9-17(3)10-14-19)22(8-6-2)24-30(27,28)20-15-11-18(4)12-16-20/h9-16,21-24H,5-8H2,1-4H3/t21-,22+. The summed E-state index contributed by atoms with van der Waals surface area (Å²) < 4.78 is 57.2. The van der Waals surface area contributed by atoms with Crippen LogP contribution in [0, 0.1) is 13.8 Å². The quantitative estimate of drug-likeness (QED) is 0.541. The molecule has 0 fully saturated rings. The fraction of sp³-hybridized carbons (Fsp3) is 0.455. The van der Waals surface area contributed by atoms with Crippen LogP contribution >= 0.6 is 0 Å². The third-order valence-corrected chi connectivity index (χ3v) is 7.97. The fourth-order valence-electron chi connectivity index (χ4n) is 3.28. The highest BCUT2D eigenvalue weighted by Crippen LogP contribution is 2.18. The van der Waals surface area contributed by atoms with Gasteiger partial charge in [0.2, 0.25) is 20.0 Å². The number of benzene rings is 2. The van der Waals surface area contributed by atoms with E-state index in [1.807, 2.05) is 27.7 Å². The van der Waals surface area contributed by atoms with Gasteiger partial charge >= 0.3 is 0 Å². The van der Waals surface area contributed by atoms with Crippen LogP contribution in [0.4, 0.5) is 0 Å². The molecule has 0 aliphatic rings. The second-order valence-electron chi connectivity index (χ2n) is 7.66. The summed E-state index contributed by atoms with van der Waals surface area (Å²) >= 11 is 0. The molecule has 0 aliphatic heterocycles. The maximum atomic E-state index is 12.9. The summed E-state index contributed by atoms with van der Waals surface area (Å²) in [7, 11) is -7.54. The molecule has 0 bridgehead atoms. The molecular formula is C22H32N2O4S2. The van der Waals surface area contributed by atoms with Gasteiger partial charge in [-0.3, -0.25) is 0 Å². The first-order chi connectivity index (χ1) is 14.1. The molecule has 0 aromatic heterocycles. The molecule has 30 heavy (non-hydrogen) atoms. The maximum absolute atomic E-state index is 12.9. The van der Waals surface area contributed by atoms with Crippen molar-refractivity contribution in [1.29, 1.82) is 0 Å². The summed E-state index contributed by atoms with van der Waals surface area (Å²) in [6.07, 6.45) is 2.47. The van der Waals surface area contributed by atoms with Crippen molar-refractivity contribution in [3.05, 3.63) is 59.7 Å². The van der Waals surface area contributed by atoms with Gasteiger partial charge in [-0.05, 0) is 51.0 Å². The van der Waals surface area contributed by atoms with Crippen molar-refractivity contribution < 1.29 is 16.8 Å². The van der Waals surface area contributed by atoms with E-state index >= 15 is 0 Å². The predicted molar refractivity (Wildman–Crippen MR) is 120 cm³/mol. The molecule has 0 amide bonds. The Morgan fingerprint density at radius 3 is 1.20 bits per heavy atom. The van der Waals surface area contributed by atoms with Gasteiger partial charge in [0.15, 0.2) is 0 Å². The van der Waals surface area contributed by atoms with E-state index in [2.05, 4.69) is 9.44 Å². The molecule has 2 aromatic carbocycles. The fourth-order valence-corrected chi connectivity index (χ4v) is 5.90. The van der Waals surface area contributed by atoms with Crippen LogP contribution in [0.3, 0.4) is 0 Å². The molecule has 0 aliphatic carbocycles. The average Bonchev–Trinajstić information content (AvgIpc) is 2.68. The van der Waals surface area contributed by atoms with Crippen LogP contribution in [-0.2, 0) is 20.0 Å². The first-order valence-corrected chi connectivity index (χ1v) is 13.2. The molecule has 0 radical (unpaired) electrons. The van der Waals surface area contributed by atoms with Gasteiger partial charge in [0.1, 0.15) is 0 Å². The van der Waals surface area contributed by atoms with Crippen molar-refractivity contribution in [2.75, 3.05) is 0 Å². The highest BCUT2D eigenvalue weighted by Gasteiger charge is 2.30. The largest absolute Gasteiger partial charge is 0.240 e. The van der Waals surface area contributed by atoms with Gasteiger partial charge < -0.3 is 0 Å². The molecule has 0 saturated heterocycles. The zero-order valence-corrected chi connectivity index (χ0v) is 19.7. The Morgan fingerprint density at radius 2 is 0.933 bits per heavy atom. The lowest BCUT2D eigenvalue weighted by molar-refractivity contribution is 0.399. The summed E-state index contributed by atoms with van der Waals surface area (Å²) in [6.45, 7) is 7.68. The van der Waals surface area contributed by atoms with Gasteiger partial charge in [-0.1, -0.05) is 62.1 Å². The zero-order chi connectivity index (χ0) is 22.4. The highest BCUT2D eigenvalue weighted by molar-refractivity contribution is 7.90. The molecule has 0 saturated carbocycles. The number of hydrogen-bond acceptors (Lipinski definition) is 4. The van der Waals surface area contributed by atoms with Gasteiger partial charge in [-0.15, -0.1) is 0 Å². The van der Waals surface area contributed by atoms with Crippen LogP contribution in [0.25, 0.3) is 0 Å². The summed E-state index contributed by atoms with van der Waals surface area (Å²) in [5, 5.41) is 0. The molecule has 0 spiro atoms. The van der Waals surface area contributed by atoms with Crippen molar-refractivity contribution in [1.82, 2.24) is 9.44 Å². The van der Waals surface area contributed by atoms with Gasteiger partial charge in [-0.25, -0.2) is 26.3 Å². The molecule has 2 aromatic rings. The van der Waals surface area contributed by atoms with Gasteiger partial charge in [0.25, 0.3) is 0 Å². The number of sulfonamides is 2. The molecule has 2 rings (SSSR count).